The minimum atomic E-state index is -1.62. The molecule has 20 heavy (non-hydrogen) atoms. The van der Waals surface area contributed by atoms with Crippen LogP contribution in [0.1, 0.15) is 38.2 Å². The monoisotopic (exact) mass is 279 g/mol. The standard InChI is InChI=1S/C15H23BFNO2/c1-11-3-5-15(6-4-11)18(2)10-12-7-13(16(19)20)9-14(17)8-12/h7-9,11,15,19-20H,3-6,10H2,1-2H3. The van der Waals surface area contributed by atoms with Gasteiger partial charge in [-0.2, -0.15) is 0 Å². The van der Waals surface area contributed by atoms with E-state index in [0.29, 0.717) is 12.6 Å². The lowest BCUT2D eigenvalue weighted by Gasteiger charge is -2.33. The molecule has 0 amide bonds. The number of halogens is 1. The molecule has 0 saturated heterocycles. The fourth-order valence-electron chi connectivity index (χ4n) is 3.02. The smallest absolute Gasteiger partial charge is 0.423 e. The van der Waals surface area contributed by atoms with Gasteiger partial charge in [-0.1, -0.05) is 13.0 Å². The molecule has 5 heteroatoms. The number of benzene rings is 1. The number of nitrogens with zero attached hydrogens (tertiary/aromatic N) is 1. The molecule has 1 aliphatic rings. The fraction of sp³-hybridized carbons (Fsp3) is 0.600. The summed E-state index contributed by atoms with van der Waals surface area (Å²) in [7, 11) is 0.436. The molecule has 2 N–H and O–H groups in total. The molecule has 2 rings (SSSR count). The third-order valence-corrected chi connectivity index (χ3v) is 4.32. The molecule has 1 aromatic rings. The second kappa shape index (κ2) is 6.70. The predicted octanol–water partition coefficient (Wildman–Crippen LogP) is 1.52. The molecule has 0 aromatic heterocycles. The first kappa shape index (κ1) is 15.5. The van der Waals surface area contributed by atoms with Crippen LogP contribution in [-0.4, -0.2) is 35.2 Å². The molecule has 0 heterocycles. The van der Waals surface area contributed by atoms with Crippen molar-refractivity contribution in [2.75, 3.05) is 7.05 Å². The van der Waals surface area contributed by atoms with E-state index in [2.05, 4.69) is 18.9 Å². The maximum atomic E-state index is 13.5. The van der Waals surface area contributed by atoms with Gasteiger partial charge in [-0.25, -0.2) is 4.39 Å². The first-order valence-electron chi connectivity index (χ1n) is 7.31. The van der Waals surface area contributed by atoms with E-state index in [1.54, 1.807) is 6.07 Å². The third kappa shape index (κ3) is 4.04. The van der Waals surface area contributed by atoms with Crippen LogP contribution in [0.4, 0.5) is 4.39 Å². The minimum absolute atomic E-state index is 0.214. The lowest BCUT2D eigenvalue weighted by atomic mass is 9.79. The van der Waals surface area contributed by atoms with Gasteiger partial charge in [0.15, 0.2) is 0 Å². The molecular formula is C15H23BFNO2. The normalized spacial score (nSPS) is 23.1. The Kier molecular flexibility index (Phi) is 5.19. The van der Waals surface area contributed by atoms with Crippen LogP contribution in [0.15, 0.2) is 18.2 Å². The van der Waals surface area contributed by atoms with E-state index < -0.39 is 12.9 Å². The Labute approximate surface area is 120 Å². The lowest BCUT2D eigenvalue weighted by Crippen LogP contribution is -2.35. The van der Waals surface area contributed by atoms with Crippen LogP contribution < -0.4 is 5.46 Å². The maximum Gasteiger partial charge on any atom is 0.488 e. The summed E-state index contributed by atoms with van der Waals surface area (Å²) in [5.41, 5.74) is 1.000. The summed E-state index contributed by atoms with van der Waals surface area (Å²) < 4.78 is 13.5. The quantitative estimate of drug-likeness (QED) is 0.821. The Hall–Kier alpha value is -0.905. The largest absolute Gasteiger partial charge is 0.488 e. The van der Waals surface area contributed by atoms with E-state index in [1.165, 1.54) is 31.7 Å². The average molecular weight is 279 g/mol. The third-order valence-electron chi connectivity index (χ3n) is 4.32. The zero-order chi connectivity index (χ0) is 14.7. The molecule has 0 atom stereocenters. The average Bonchev–Trinajstić information content (AvgIpc) is 2.38. The van der Waals surface area contributed by atoms with E-state index in [9.17, 15) is 4.39 Å². The van der Waals surface area contributed by atoms with Gasteiger partial charge in [0, 0.05) is 12.6 Å². The van der Waals surface area contributed by atoms with Crippen molar-refractivity contribution in [3.05, 3.63) is 29.6 Å². The van der Waals surface area contributed by atoms with Crippen LogP contribution in [0, 0.1) is 11.7 Å². The van der Waals surface area contributed by atoms with Crippen molar-refractivity contribution in [2.45, 2.75) is 45.2 Å². The Balaban J connectivity index is 2.02. The molecule has 1 fully saturated rings. The Bertz CT molecular complexity index is 447. The van der Waals surface area contributed by atoms with Gasteiger partial charge in [-0.05, 0) is 61.8 Å². The highest BCUT2D eigenvalue weighted by molar-refractivity contribution is 6.58. The van der Waals surface area contributed by atoms with Gasteiger partial charge in [0.2, 0.25) is 0 Å². The van der Waals surface area contributed by atoms with Crippen molar-refractivity contribution < 1.29 is 14.4 Å². The Morgan fingerprint density at radius 1 is 1.20 bits per heavy atom. The van der Waals surface area contributed by atoms with Crippen LogP contribution in [-0.2, 0) is 6.54 Å². The zero-order valence-corrected chi connectivity index (χ0v) is 12.2. The molecular weight excluding hydrogens is 256 g/mol. The molecule has 0 spiro atoms. The summed E-state index contributed by atoms with van der Waals surface area (Å²) in [6.07, 6.45) is 4.86. The number of hydrogen-bond acceptors (Lipinski definition) is 3. The van der Waals surface area contributed by atoms with Gasteiger partial charge in [0.25, 0.3) is 0 Å². The maximum absolute atomic E-state index is 13.5. The highest BCUT2D eigenvalue weighted by Crippen LogP contribution is 2.27. The van der Waals surface area contributed by atoms with E-state index in [4.69, 9.17) is 10.0 Å². The lowest BCUT2D eigenvalue weighted by molar-refractivity contribution is 0.164. The van der Waals surface area contributed by atoms with Gasteiger partial charge in [-0.15, -0.1) is 0 Å². The Morgan fingerprint density at radius 3 is 2.45 bits per heavy atom. The van der Waals surface area contributed by atoms with Crippen molar-refractivity contribution in [3.8, 4) is 0 Å². The summed E-state index contributed by atoms with van der Waals surface area (Å²) in [6, 6.07) is 4.83. The summed E-state index contributed by atoms with van der Waals surface area (Å²) in [5.74, 6) is 0.390. The summed E-state index contributed by atoms with van der Waals surface area (Å²) in [6.45, 7) is 2.92. The van der Waals surface area contributed by atoms with E-state index in [-0.39, 0.29) is 5.46 Å². The predicted molar refractivity (Wildman–Crippen MR) is 79.1 cm³/mol. The van der Waals surface area contributed by atoms with Crippen molar-refractivity contribution in [3.63, 3.8) is 0 Å². The van der Waals surface area contributed by atoms with Gasteiger partial charge >= 0.3 is 7.12 Å². The van der Waals surface area contributed by atoms with E-state index in [0.717, 1.165) is 17.5 Å². The van der Waals surface area contributed by atoms with E-state index in [1.807, 2.05) is 0 Å². The number of hydrogen-bond donors (Lipinski definition) is 2. The zero-order valence-electron chi connectivity index (χ0n) is 12.2. The van der Waals surface area contributed by atoms with Crippen LogP contribution >= 0.6 is 0 Å². The molecule has 3 nitrogen and oxygen atoms in total. The molecule has 1 aromatic carbocycles. The second-order valence-corrected chi connectivity index (χ2v) is 6.10. The second-order valence-electron chi connectivity index (χ2n) is 6.10. The molecule has 0 aliphatic heterocycles. The van der Waals surface area contributed by atoms with Crippen LogP contribution in [0.5, 0.6) is 0 Å². The molecule has 0 radical (unpaired) electrons. The Morgan fingerprint density at radius 2 is 1.85 bits per heavy atom. The van der Waals surface area contributed by atoms with Crippen LogP contribution in [0.3, 0.4) is 0 Å². The van der Waals surface area contributed by atoms with Crippen molar-refractivity contribution in [1.82, 2.24) is 4.90 Å². The van der Waals surface area contributed by atoms with Gasteiger partial charge in [-0.3, -0.25) is 4.90 Å². The molecule has 110 valence electrons. The molecule has 1 aliphatic carbocycles. The fourth-order valence-corrected chi connectivity index (χ4v) is 3.02. The van der Waals surface area contributed by atoms with Gasteiger partial charge in [0.05, 0.1) is 0 Å². The molecule has 1 saturated carbocycles. The first-order chi connectivity index (χ1) is 9.45. The number of rotatable bonds is 4. The summed E-state index contributed by atoms with van der Waals surface area (Å²) >= 11 is 0. The molecule has 0 unspecified atom stereocenters. The topological polar surface area (TPSA) is 43.7 Å². The summed E-state index contributed by atoms with van der Waals surface area (Å²) in [4.78, 5) is 2.24. The highest BCUT2D eigenvalue weighted by Gasteiger charge is 2.22. The van der Waals surface area contributed by atoms with Crippen LogP contribution in [0.25, 0.3) is 0 Å². The van der Waals surface area contributed by atoms with Crippen molar-refractivity contribution in [1.29, 1.82) is 0 Å². The SMILES string of the molecule is CC1CCC(N(C)Cc2cc(F)cc(B(O)O)c2)CC1. The highest BCUT2D eigenvalue weighted by atomic mass is 19.1. The van der Waals surface area contributed by atoms with Crippen molar-refractivity contribution in [2.24, 2.45) is 5.92 Å². The molecule has 0 bridgehead atoms. The minimum Gasteiger partial charge on any atom is -0.423 e. The van der Waals surface area contributed by atoms with Crippen molar-refractivity contribution >= 4 is 12.6 Å². The first-order valence-corrected chi connectivity index (χ1v) is 7.31. The van der Waals surface area contributed by atoms with Gasteiger partial charge < -0.3 is 10.0 Å². The van der Waals surface area contributed by atoms with E-state index >= 15 is 0 Å². The van der Waals surface area contributed by atoms with Gasteiger partial charge in [0.1, 0.15) is 5.82 Å². The van der Waals surface area contributed by atoms with Crippen LogP contribution in [0.2, 0.25) is 0 Å². The summed E-state index contributed by atoms with van der Waals surface area (Å²) in [5, 5.41) is 18.3.